The highest BCUT2D eigenvalue weighted by atomic mass is 16.5. The summed E-state index contributed by atoms with van der Waals surface area (Å²) in [6.45, 7) is 12.0. The van der Waals surface area contributed by atoms with Gasteiger partial charge in [-0.05, 0) is 44.2 Å². The van der Waals surface area contributed by atoms with Crippen LogP contribution in [0.5, 0.6) is 0 Å². The number of aromatic nitrogens is 2. The minimum Gasteiger partial charge on any atom is -0.350 e. The Morgan fingerprint density at radius 3 is 2.73 bits per heavy atom. The van der Waals surface area contributed by atoms with Gasteiger partial charge in [-0.2, -0.15) is 0 Å². The number of pyridine rings is 1. The fourth-order valence-electron chi connectivity index (χ4n) is 3.18. The van der Waals surface area contributed by atoms with E-state index in [0.29, 0.717) is 23.7 Å². The Hall–Kier alpha value is -1.95. The summed E-state index contributed by atoms with van der Waals surface area (Å²) in [5.74, 6) is 0.366. The monoisotopic (exact) mass is 358 g/mol. The largest absolute Gasteiger partial charge is 0.350 e. The Kier molecular flexibility index (Phi) is 5.32. The van der Waals surface area contributed by atoms with Crippen LogP contribution in [0.4, 0.5) is 0 Å². The smallest absolute Gasteiger partial charge is 0.259 e. The van der Waals surface area contributed by atoms with Crippen molar-refractivity contribution in [2.24, 2.45) is 5.41 Å². The molecule has 1 amide bonds. The minimum absolute atomic E-state index is 0.0479. The first-order valence-corrected chi connectivity index (χ1v) is 9.59. The molecule has 6 heteroatoms. The highest BCUT2D eigenvalue weighted by Crippen LogP contribution is 2.40. The van der Waals surface area contributed by atoms with Crippen LogP contribution in [0.25, 0.3) is 11.1 Å². The minimum atomic E-state index is -0.0811. The van der Waals surface area contributed by atoms with Gasteiger partial charge >= 0.3 is 0 Å². The van der Waals surface area contributed by atoms with Crippen molar-refractivity contribution in [1.29, 1.82) is 0 Å². The van der Waals surface area contributed by atoms with Crippen molar-refractivity contribution in [3.63, 3.8) is 0 Å². The summed E-state index contributed by atoms with van der Waals surface area (Å²) < 4.78 is 5.52. The topological polar surface area (TPSA) is 80.0 Å². The van der Waals surface area contributed by atoms with Crippen LogP contribution in [0.3, 0.4) is 0 Å². The van der Waals surface area contributed by atoms with Crippen LogP contribution in [0.1, 0.15) is 75.1 Å². The average Bonchev–Trinajstić information content (AvgIpc) is 3.34. The van der Waals surface area contributed by atoms with Crippen molar-refractivity contribution >= 4 is 17.0 Å². The molecule has 1 aliphatic rings. The van der Waals surface area contributed by atoms with Crippen molar-refractivity contribution in [3.8, 4) is 0 Å². The van der Waals surface area contributed by atoms with Crippen molar-refractivity contribution in [1.82, 2.24) is 20.8 Å². The first-order valence-electron chi connectivity index (χ1n) is 9.59. The molecule has 1 atom stereocenters. The van der Waals surface area contributed by atoms with E-state index in [2.05, 4.69) is 55.4 Å². The van der Waals surface area contributed by atoms with Crippen molar-refractivity contribution < 1.29 is 9.32 Å². The summed E-state index contributed by atoms with van der Waals surface area (Å²) in [5.41, 5.74) is 2.93. The number of hydrogen-bond donors (Lipinski definition) is 2. The number of amides is 1. The van der Waals surface area contributed by atoms with E-state index in [1.165, 1.54) is 0 Å². The van der Waals surface area contributed by atoms with E-state index in [0.717, 1.165) is 42.6 Å². The van der Waals surface area contributed by atoms with Gasteiger partial charge in [-0.15, -0.1) is 0 Å². The molecule has 26 heavy (non-hydrogen) atoms. The average molecular weight is 358 g/mol. The fourth-order valence-corrected chi connectivity index (χ4v) is 3.18. The van der Waals surface area contributed by atoms with Gasteiger partial charge < -0.3 is 15.2 Å². The van der Waals surface area contributed by atoms with E-state index in [9.17, 15) is 4.79 Å². The van der Waals surface area contributed by atoms with Crippen LogP contribution in [0.2, 0.25) is 0 Å². The molecule has 6 nitrogen and oxygen atoms in total. The lowest BCUT2D eigenvalue weighted by molar-refractivity contribution is 0.0951. The van der Waals surface area contributed by atoms with Gasteiger partial charge in [-0.25, -0.2) is 4.98 Å². The van der Waals surface area contributed by atoms with E-state index in [-0.39, 0.29) is 17.4 Å². The summed E-state index contributed by atoms with van der Waals surface area (Å²) in [6, 6.07) is 2.16. The SMILES string of the molecule is CCN[C@H](C)CNC(=O)c1cc(C2CC2)nc2onc(CC(C)(C)C)c12. The van der Waals surface area contributed by atoms with Crippen molar-refractivity contribution in [2.75, 3.05) is 13.1 Å². The number of rotatable bonds is 7. The van der Waals surface area contributed by atoms with E-state index >= 15 is 0 Å². The summed E-state index contributed by atoms with van der Waals surface area (Å²) in [4.78, 5) is 17.6. The maximum Gasteiger partial charge on any atom is 0.259 e. The van der Waals surface area contributed by atoms with Crippen LogP contribution < -0.4 is 10.6 Å². The predicted octanol–water partition coefficient (Wildman–Crippen LogP) is 3.42. The zero-order valence-electron chi connectivity index (χ0n) is 16.5. The molecule has 0 spiro atoms. The number of carbonyl (C=O) groups excluding carboxylic acids is 1. The van der Waals surface area contributed by atoms with Crippen LogP contribution in [0.15, 0.2) is 10.6 Å². The zero-order valence-corrected chi connectivity index (χ0v) is 16.5. The van der Waals surface area contributed by atoms with Gasteiger partial charge in [0.05, 0.1) is 16.6 Å². The summed E-state index contributed by atoms with van der Waals surface area (Å²) >= 11 is 0. The lowest BCUT2D eigenvalue weighted by Gasteiger charge is -2.17. The molecule has 1 aliphatic carbocycles. The molecule has 2 N–H and O–H groups in total. The van der Waals surface area contributed by atoms with Crippen LogP contribution in [-0.4, -0.2) is 35.2 Å². The number of nitrogens with zero attached hydrogens (tertiary/aromatic N) is 2. The molecule has 2 heterocycles. The van der Waals surface area contributed by atoms with Gasteiger partial charge in [0.15, 0.2) is 0 Å². The number of carbonyl (C=O) groups is 1. The molecule has 0 bridgehead atoms. The van der Waals surface area contributed by atoms with Crippen molar-refractivity contribution in [3.05, 3.63) is 23.0 Å². The molecule has 2 aromatic heterocycles. The summed E-state index contributed by atoms with van der Waals surface area (Å²) in [7, 11) is 0. The third-order valence-electron chi connectivity index (χ3n) is 4.60. The zero-order chi connectivity index (χ0) is 18.9. The van der Waals surface area contributed by atoms with E-state index in [1.54, 1.807) is 0 Å². The Balaban J connectivity index is 1.94. The standard InChI is InChI=1S/C20H30N4O2/c1-6-21-12(2)11-22-18(25)14-9-15(13-7-8-13)23-19-17(14)16(24-26-19)10-20(3,4)5/h9,12-13,21H,6-8,10-11H2,1-5H3,(H,22,25)/t12-/m1/s1. The van der Waals surface area contributed by atoms with Gasteiger partial charge in [0.25, 0.3) is 11.6 Å². The quantitative estimate of drug-likeness (QED) is 0.793. The molecular weight excluding hydrogens is 328 g/mol. The molecule has 0 saturated heterocycles. The van der Waals surface area contributed by atoms with E-state index < -0.39 is 0 Å². The van der Waals surface area contributed by atoms with Crippen LogP contribution >= 0.6 is 0 Å². The number of nitrogens with one attached hydrogen (secondary N) is 2. The van der Waals surface area contributed by atoms with Crippen LogP contribution in [-0.2, 0) is 6.42 Å². The van der Waals surface area contributed by atoms with E-state index in [4.69, 9.17) is 4.52 Å². The molecule has 0 aliphatic heterocycles. The molecule has 0 radical (unpaired) electrons. The van der Waals surface area contributed by atoms with Gasteiger partial charge in [0.2, 0.25) is 0 Å². The van der Waals surface area contributed by atoms with Gasteiger partial charge in [-0.3, -0.25) is 4.79 Å². The third kappa shape index (κ3) is 4.41. The fraction of sp³-hybridized carbons (Fsp3) is 0.650. The summed E-state index contributed by atoms with van der Waals surface area (Å²) in [5, 5.41) is 11.4. The molecule has 0 unspecified atom stereocenters. The van der Waals surface area contributed by atoms with E-state index in [1.807, 2.05) is 6.07 Å². The predicted molar refractivity (Wildman–Crippen MR) is 102 cm³/mol. The molecule has 142 valence electrons. The molecular formula is C20H30N4O2. The summed E-state index contributed by atoms with van der Waals surface area (Å²) in [6.07, 6.45) is 2.98. The second-order valence-corrected chi connectivity index (χ2v) is 8.58. The second-order valence-electron chi connectivity index (χ2n) is 8.58. The molecule has 1 saturated carbocycles. The first kappa shape index (κ1) is 18.8. The molecule has 1 fully saturated rings. The second kappa shape index (κ2) is 7.35. The van der Waals surface area contributed by atoms with Crippen LogP contribution in [0, 0.1) is 5.41 Å². The Labute approximate surface area is 155 Å². The number of fused-ring (bicyclic) bond motifs is 1. The first-order chi connectivity index (χ1) is 12.3. The molecule has 0 aromatic carbocycles. The highest BCUT2D eigenvalue weighted by molar-refractivity contribution is 6.06. The van der Waals surface area contributed by atoms with Crippen molar-refractivity contribution in [2.45, 2.75) is 65.8 Å². The Morgan fingerprint density at radius 2 is 2.12 bits per heavy atom. The lowest BCUT2D eigenvalue weighted by Crippen LogP contribution is -2.38. The third-order valence-corrected chi connectivity index (χ3v) is 4.60. The maximum absolute atomic E-state index is 12.9. The Morgan fingerprint density at radius 1 is 1.38 bits per heavy atom. The van der Waals surface area contributed by atoms with Gasteiger partial charge in [-0.1, -0.05) is 32.9 Å². The number of likely N-dealkylation sites (N-methyl/N-ethyl adjacent to an activating group) is 1. The molecule has 2 aromatic rings. The lowest BCUT2D eigenvalue weighted by atomic mass is 9.89. The van der Waals surface area contributed by atoms with Gasteiger partial charge in [0, 0.05) is 24.2 Å². The molecule has 3 rings (SSSR count). The normalized spacial score (nSPS) is 16.0. The van der Waals surface area contributed by atoms with Gasteiger partial charge in [0.1, 0.15) is 0 Å². The maximum atomic E-state index is 12.9. The Bertz CT molecular complexity index is 787. The number of hydrogen-bond acceptors (Lipinski definition) is 5. The highest BCUT2D eigenvalue weighted by Gasteiger charge is 2.30.